The van der Waals surface area contributed by atoms with Gasteiger partial charge in [-0.1, -0.05) is 0 Å². The van der Waals surface area contributed by atoms with E-state index in [2.05, 4.69) is 26.1 Å². The number of aromatic nitrogens is 2. The third-order valence-electron chi connectivity index (χ3n) is 2.42. The lowest BCUT2D eigenvalue weighted by atomic mass is 10.1. The second-order valence-electron chi connectivity index (χ2n) is 3.57. The van der Waals surface area contributed by atoms with E-state index in [1.54, 1.807) is 0 Å². The van der Waals surface area contributed by atoms with Crippen molar-refractivity contribution in [3.63, 3.8) is 0 Å². The van der Waals surface area contributed by atoms with E-state index in [0.717, 1.165) is 0 Å². The number of aromatic amines is 1. The number of H-pyrrole nitrogens is 1. The molecule has 0 aliphatic carbocycles. The van der Waals surface area contributed by atoms with E-state index >= 15 is 0 Å². The first kappa shape index (κ1) is 13.3. The Balaban J connectivity index is 2.64. The molecule has 0 spiro atoms. The van der Waals surface area contributed by atoms with Gasteiger partial charge in [0.15, 0.2) is 17.3 Å². The molecule has 6 nitrogen and oxygen atoms in total. The highest BCUT2D eigenvalue weighted by molar-refractivity contribution is 9.10. The van der Waals surface area contributed by atoms with Gasteiger partial charge < -0.3 is 14.9 Å². The quantitative estimate of drug-likeness (QED) is 0.803. The highest BCUT2D eigenvalue weighted by Crippen LogP contribution is 2.40. The van der Waals surface area contributed by atoms with Crippen molar-refractivity contribution in [1.29, 1.82) is 0 Å². The number of nitrogens with one attached hydrogen (secondary N) is 1. The lowest BCUT2D eigenvalue weighted by molar-refractivity contribution is 0.0690. The number of aromatic hydroxyl groups is 1. The van der Waals surface area contributed by atoms with E-state index in [0.29, 0.717) is 0 Å². The summed E-state index contributed by atoms with van der Waals surface area (Å²) in [6, 6.07) is 2.42. The number of hydrogen-bond donors (Lipinski definition) is 3. The first-order valence-corrected chi connectivity index (χ1v) is 5.79. The van der Waals surface area contributed by atoms with Crippen LogP contribution in [0.15, 0.2) is 16.6 Å². The van der Waals surface area contributed by atoms with Crippen LogP contribution in [0.5, 0.6) is 11.5 Å². The summed E-state index contributed by atoms with van der Waals surface area (Å²) in [6.45, 7) is 0. The number of carboxylic acids is 1. The molecule has 1 aromatic heterocycles. The monoisotopic (exact) mass is 330 g/mol. The van der Waals surface area contributed by atoms with Gasteiger partial charge in [0.1, 0.15) is 5.69 Å². The van der Waals surface area contributed by atoms with Crippen molar-refractivity contribution < 1.29 is 24.1 Å². The van der Waals surface area contributed by atoms with Crippen molar-refractivity contribution in [2.75, 3.05) is 7.11 Å². The number of carbonyl (C=O) groups is 1. The van der Waals surface area contributed by atoms with Crippen LogP contribution in [-0.4, -0.2) is 33.5 Å². The first-order chi connectivity index (χ1) is 8.95. The van der Waals surface area contributed by atoms with Gasteiger partial charge in [0.2, 0.25) is 0 Å². The number of benzene rings is 1. The van der Waals surface area contributed by atoms with E-state index in [-0.39, 0.29) is 32.9 Å². The molecule has 1 aromatic carbocycles. The minimum atomic E-state index is -1.21. The Kier molecular flexibility index (Phi) is 3.43. The van der Waals surface area contributed by atoms with E-state index < -0.39 is 11.8 Å². The minimum absolute atomic E-state index is 0.00148. The average Bonchev–Trinajstić information content (AvgIpc) is 2.78. The molecular formula is C11H8BrFN2O4. The van der Waals surface area contributed by atoms with Crippen LogP contribution in [0, 0.1) is 5.82 Å². The van der Waals surface area contributed by atoms with Crippen molar-refractivity contribution in [1.82, 2.24) is 10.2 Å². The first-order valence-electron chi connectivity index (χ1n) is 4.99. The summed E-state index contributed by atoms with van der Waals surface area (Å²) in [5.74, 6) is -2.75. The van der Waals surface area contributed by atoms with Gasteiger partial charge in [-0.15, -0.1) is 0 Å². The zero-order chi connectivity index (χ0) is 14.2. The summed E-state index contributed by atoms with van der Waals surface area (Å²) in [5, 5.41) is 24.3. The van der Waals surface area contributed by atoms with Gasteiger partial charge in [0, 0.05) is 4.47 Å². The molecule has 0 unspecified atom stereocenters. The maximum atomic E-state index is 14.2. The van der Waals surface area contributed by atoms with Crippen molar-refractivity contribution in [3.8, 4) is 22.8 Å². The highest BCUT2D eigenvalue weighted by atomic mass is 79.9. The Hall–Kier alpha value is -2.09. The van der Waals surface area contributed by atoms with Crippen molar-refractivity contribution >= 4 is 21.9 Å². The molecule has 100 valence electrons. The van der Waals surface area contributed by atoms with Crippen molar-refractivity contribution in [2.24, 2.45) is 0 Å². The van der Waals surface area contributed by atoms with Crippen LogP contribution in [0.1, 0.15) is 10.5 Å². The third kappa shape index (κ3) is 2.26. The van der Waals surface area contributed by atoms with Gasteiger partial charge in [0.05, 0.1) is 18.4 Å². The molecule has 2 rings (SSSR count). The smallest absolute Gasteiger partial charge is 0.353 e. The molecule has 2 aromatic rings. The molecule has 0 atom stereocenters. The van der Waals surface area contributed by atoms with Gasteiger partial charge in [-0.05, 0) is 28.1 Å². The molecular weight excluding hydrogens is 323 g/mol. The number of ether oxygens (including phenoxy) is 1. The Morgan fingerprint density at radius 3 is 2.74 bits per heavy atom. The SMILES string of the molecule is COc1c(O)cc(Br)c(-c2cc(C(=O)O)[nH]n2)c1F. The molecule has 0 radical (unpaired) electrons. The maximum Gasteiger partial charge on any atom is 0.353 e. The predicted octanol–water partition coefficient (Wildman–Crippen LogP) is 2.39. The van der Waals surface area contributed by atoms with Crippen LogP contribution in [0.2, 0.25) is 0 Å². The van der Waals surface area contributed by atoms with Gasteiger partial charge in [-0.3, -0.25) is 5.10 Å². The largest absolute Gasteiger partial charge is 0.504 e. The summed E-state index contributed by atoms with van der Waals surface area (Å²) in [5.41, 5.74) is -0.0909. The second-order valence-corrected chi connectivity index (χ2v) is 4.43. The van der Waals surface area contributed by atoms with Gasteiger partial charge in [-0.25, -0.2) is 9.18 Å². The van der Waals surface area contributed by atoms with Gasteiger partial charge in [0.25, 0.3) is 0 Å². The predicted molar refractivity (Wildman–Crippen MR) is 66.9 cm³/mol. The highest BCUT2D eigenvalue weighted by Gasteiger charge is 2.21. The summed E-state index contributed by atoms with van der Waals surface area (Å²) in [4.78, 5) is 10.8. The topological polar surface area (TPSA) is 95.4 Å². The normalized spacial score (nSPS) is 10.5. The Morgan fingerprint density at radius 1 is 1.53 bits per heavy atom. The number of halogens is 2. The molecule has 0 aliphatic heterocycles. The summed E-state index contributed by atoms with van der Waals surface area (Å²) in [7, 11) is 1.21. The minimum Gasteiger partial charge on any atom is -0.504 e. The molecule has 0 bridgehead atoms. The molecule has 0 fully saturated rings. The standard InChI is InChI=1S/C11H8BrFN2O4/c1-19-10-7(16)2-4(12)8(9(10)13)5-3-6(11(17)18)15-14-5/h2-3,16H,1H3,(H,14,15)(H,17,18). The van der Waals surface area contributed by atoms with Crippen LogP contribution >= 0.6 is 15.9 Å². The van der Waals surface area contributed by atoms with E-state index in [4.69, 9.17) is 9.84 Å². The van der Waals surface area contributed by atoms with E-state index in [1.165, 1.54) is 19.2 Å². The number of aromatic carboxylic acids is 1. The number of phenolic OH excluding ortho intramolecular Hbond substituents is 1. The molecule has 19 heavy (non-hydrogen) atoms. The molecule has 8 heteroatoms. The average molecular weight is 331 g/mol. The number of phenols is 1. The summed E-state index contributed by atoms with van der Waals surface area (Å²) >= 11 is 3.09. The zero-order valence-corrected chi connectivity index (χ0v) is 11.2. The fourth-order valence-corrected chi connectivity index (χ4v) is 2.17. The number of nitrogens with zero attached hydrogens (tertiary/aromatic N) is 1. The molecule has 0 amide bonds. The maximum absolute atomic E-state index is 14.2. The summed E-state index contributed by atoms with van der Waals surface area (Å²) < 4.78 is 19.1. The van der Waals surface area contributed by atoms with Crippen molar-refractivity contribution in [3.05, 3.63) is 28.1 Å². The van der Waals surface area contributed by atoms with Gasteiger partial charge in [-0.2, -0.15) is 5.10 Å². The molecule has 1 heterocycles. The van der Waals surface area contributed by atoms with Crippen LogP contribution in [0.3, 0.4) is 0 Å². The molecule has 3 N–H and O–H groups in total. The van der Waals surface area contributed by atoms with Crippen LogP contribution in [0.4, 0.5) is 4.39 Å². The lowest BCUT2D eigenvalue weighted by Gasteiger charge is -2.09. The number of rotatable bonds is 3. The number of hydrogen-bond acceptors (Lipinski definition) is 4. The van der Waals surface area contributed by atoms with E-state index in [1.807, 2.05) is 0 Å². The fraction of sp³-hybridized carbons (Fsp3) is 0.0909. The summed E-state index contributed by atoms with van der Waals surface area (Å²) in [6.07, 6.45) is 0. The van der Waals surface area contributed by atoms with Crippen LogP contribution in [-0.2, 0) is 0 Å². The van der Waals surface area contributed by atoms with Crippen LogP contribution < -0.4 is 4.74 Å². The second kappa shape index (κ2) is 4.88. The Morgan fingerprint density at radius 2 is 2.21 bits per heavy atom. The molecule has 0 aliphatic rings. The zero-order valence-electron chi connectivity index (χ0n) is 9.57. The fourth-order valence-electron chi connectivity index (χ4n) is 1.58. The Labute approximate surface area is 115 Å². The van der Waals surface area contributed by atoms with Crippen LogP contribution in [0.25, 0.3) is 11.3 Å². The number of methoxy groups -OCH3 is 1. The van der Waals surface area contributed by atoms with Crippen molar-refractivity contribution in [2.45, 2.75) is 0 Å². The van der Waals surface area contributed by atoms with Gasteiger partial charge >= 0.3 is 5.97 Å². The Bertz CT molecular complexity index is 656. The van der Waals surface area contributed by atoms with E-state index in [9.17, 15) is 14.3 Å². The molecule has 0 saturated heterocycles. The lowest BCUT2D eigenvalue weighted by Crippen LogP contribution is -1.95. The third-order valence-corrected chi connectivity index (χ3v) is 3.05. The number of carboxylic acid groups (broad SMARTS) is 1. The molecule has 0 saturated carbocycles.